The Hall–Kier alpha value is -1.45. The third-order valence-corrected chi connectivity index (χ3v) is 1.80. The zero-order valence-electron chi connectivity index (χ0n) is 9.87. The molecule has 2 aromatic heterocycles. The molecule has 2 aromatic rings. The highest BCUT2D eigenvalue weighted by Crippen LogP contribution is 2.13. The van der Waals surface area contributed by atoms with Gasteiger partial charge >= 0.3 is 0 Å². The molecule has 0 radical (unpaired) electrons. The third-order valence-electron chi connectivity index (χ3n) is 1.80. The van der Waals surface area contributed by atoms with E-state index in [-0.39, 0.29) is 18.4 Å². The lowest BCUT2D eigenvalue weighted by Crippen LogP contribution is -2.03. The summed E-state index contributed by atoms with van der Waals surface area (Å²) >= 11 is 0. The van der Waals surface area contributed by atoms with Crippen molar-refractivity contribution in [2.45, 2.75) is 26.8 Å². The van der Waals surface area contributed by atoms with E-state index in [1.54, 1.807) is 11.6 Å². The molecular formula is C9H12N4. The summed E-state index contributed by atoms with van der Waals surface area (Å²) < 4.78 is 17.0. The Bertz CT molecular complexity index is 518. The van der Waals surface area contributed by atoms with Gasteiger partial charge in [0, 0.05) is 12.2 Å². The SMILES string of the molecule is [3H]c1nc(C)nc2c1c([3H])nn2C(C)C. The van der Waals surface area contributed by atoms with Gasteiger partial charge in [-0.3, -0.25) is 0 Å². The molecule has 0 aromatic carbocycles. The van der Waals surface area contributed by atoms with Crippen LogP contribution in [0.3, 0.4) is 0 Å². The lowest BCUT2D eigenvalue weighted by Gasteiger charge is -2.05. The Morgan fingerprint density at radius 3 is 2.92 bits per heavy atom. The van der Waals surface area contributed by atoms with Crippen molar-refractivity contribution in [3.05, 3.63) is 18.2 Å². The number of nitrogens with zero attached hydrogens (tertiary/aromatic N) is 4. The molecule has 0 N–H and O–H groups in total. The van der Waals surface area contributed by atoms with Crippen LogP contribution in [0, 0.1) is 6.92 Å². The van der Waals surface area contributed by atoms with Gasteiger partial charge in [-0.2, -0.15) is 5.10 Å². The Balaban J connectivity index is 2.87. The van der Waals surface area contributed by atoms with E-state index in [9.17, 15) is 0 Å². The lowest BCUT2D eigenvalue weighted by molar-refractivity contribution is 0.546. The van der Waals surface area contributed by atoms with Crippen molar-refractivity contribution in [1.29, 1.82) is 0 Å². The molecule has 68 valence electrons. The first-order valence-corrected chi connectivity index (χ1v) is 4.20. The summed E-state index contributed by atoms with van der Waals surface area (Å²) in [5.74, 6) is 0.536. The van der Waals surface area contributed by atoms with Gasteiger partial charge in [-0.15, -0.1) is 0 Å². The van der Waals surface area contributed by atoms with Crippen molar-refractivity contribution >= 4 is 11.0 Å². The number of hydrogen-bond acceptors (Lipinski definition) is 3. The second kappa shape index (κ2) is 2.80. The minimum absolute atomic E-state index is 0.0729. The average Bonchev–Trinajstić information content (AvgIpc) is 2.42. The number of hydrogen-bond donors (Lipinski definition) is 0. The van der Waals surface area contributed by atoms with E-state index in [1.165, 1.54) is 0 Å². The van der Waals surface area contributed by atoms with Crippen LogP contribution in [0.25, 0.3) is 11.0 Å². The molecule has 2 rings (SSSR count). The van der Waals surface area contributed by atoms with E-state index in [0.717, 1.165) is 0 Å². The van der Waals surface area contributed by atoms with Gasteiger partial charge in [-0.1, -0.05) is 0 Å². The maximum absolute atomic E-state index is 7.68. The highest BCUT2D eigenvalue weighted by atomic mass is 15.3. The molecule has 0 spiro atoms. The molecule has 2 heterocycles. The van der Waals surface area contributed by atoms with Crippen molar-refractivity contribution in [3.63, 3.8) is 0 Å². The summed E-state index contributed by atoms with van der Waals surface area (Å²) in [4.78, 5) is 8.15. The topological polar surface area (TPSA) is 43.6 Å². The zero-order valence-corrected chi connectivity index (χ0v) is 7.87. The predicted octanol–water partition coefficient (Wildman–Crippen LogP) is 1.72. The van der Waals surface area contributed by atoms with Crippen LogP contribution in [0.4, 0.5) is 0 Å². The van der Waals surface area contributed by atoms with Gasteiger partial charge in [-0.25, -0.2) is 14.6 Å². The fourth-order valence-corrected chi connectivity index (χ4v) is 1.17. The van der Waals surface area contributed by atoms with Crippen LogP contribution < -0.4 is 0 Å². The molecule has 0 bridgehead atoms. The van der Waals surface area contributed by atoms with Crippen LogP contribution in [-0.2, 0) is 0 Å². The van der Waals surface area contributed by atoms with Gasteiger partial charge in [0.05, 0.1) is 14.3 Å². The maximum Gasteiger partial charge on any atom is 0.161 e. The van der Waals surface area contributed by atoms with Gasteiger partial charge in [-0.05, 0) is 20.8 Å². The van der Waals surface area contributed by atoms with Crippen LogP contribution in [0.2, 0.25) is 0 Å². The Kier molecular flexibility index (Phi) is 1.31. The summed E-state index contributed by atoms with van der Waals surface area (Å²) in [6, 6.07) is 0.125. The molecule has 0 atom stereocenters. The minimum Gasteiger partial charge on any atom is -0.245 e. The van der Waals surface area contributed by atoms with E-state index in [4.69, 9.17) is 2.74 Å². The maximum atomic E-state index is 7.68. The molecule has 0 saturated heterocycles. The molecule has 0 aliphatic carbocycles. The van der Waals surface area contributed by atoms with Crippen molar-refractivity contribution in [2.24, 2.45) is 0 Å². The van der Waals surface area contributed by atoms with Crippen molar-refractivity contribution in [3.8, 4) is 0 Å². The summed E-state index contributed by atoms with van der Waals surface area (Å²) in [5.41, 5.74) is 0.576. The molecule has 0 saturated carbocycles. The van der Waals surface area contributed by atoms with Crippen molar-refractivity contribution < 1.29 is 2.74 Å². The summed E-state index contributed by atoms with van der Waals surface area (Å²) in [6.45, 7) is 5.67. The van der Waals surface area contributed by atoms with E-state index >= 15 is 0 Å². The summed E-state index contributed by atoms with van der Waals surface area (Å²) in [6.07, 6.45) is 0.151. The van der Waals surface area contributed by atoms with Gasteiger partial charge in [0.1, 0.15) is 5.82 Å². The second-order valence-electron chi connectivity index (χ2n) is 3.23. The first-order chi connectivity index (χ1) is 7.00. The number of fused-ring (bicyclic) bond motifs is 1. The van der Waals surface area contributed by atoms with Gasteiger partial charge in [0.2, 0.25) is 0 Å². The van der Waals surface area contributed by atoms with Crippen molar-refractivity contribution in [2.75, 3.05) is 0 Å². The Morgan fingerprint density at radius 1 is 1.46 bits per heavy atom. The van der Waals surface area contributed by atoms with Crippen LogP contribution >= 0.6 is 0 Å². The standard InChI is InChI=1S/C9H12N4/c1-6(2)13-9-8(5-11-13)4-10-7(3)12-9/h4-6H,1-3H3/i4T,5T. The Labute approximate surface area is 79.4 Å². The Morgan fingerprint density at radius 2 is 2.23 bits per heavy atom. The third kappa shape index (κ3) is 1.28. The predicted molar refractivity (Wildman–Crippen MR) is 50.4 cm³/mol. The summed E-state index contributed by atoms with van der Waals surface area (Å²) in [5, 5.41) is 4.48. The second-order valence-corrected chi connectivity index (χ2v) is 3.23. The van der Waals surface area contributed by atoms with Crippen LogP contribution in [0.1, 0.15) is 28.5 Å². The van der Waals surface area contributed by atoms with Crippen LogP contribution in [0.15, 0.2) is 12.3 Å². The number of aryl methyl sites for hydroxylation is 1. The fraction of sp³-hybridized carbons (Fsp3) is 0.444. The monoisotopic (exact) mass is 180 g/mol. The molecule has 4 heteroatoms. The van der Waals surface area contributed by atoms with E-state index in [1.807, 2.05) is 13.8 Å². The number of rotatable bonds is 1. The molecule has 0 aliphatic rings. The van der Waals surface area contributed by atoms with Gasteiger partial charge in [0.15, 0.2) is 5.65 Å². The first-order valence-electron chi connectivity index (χ1n) is 5.20. The van der Waals surface area contributed by atoms with E-state index in [2.05, 4.69) is 15.1 Å². The van der Waals surface area contributed by atoms with Crippen LogP contribution in [-0.4, -0.2) is 19.7 Å². The summed E-state index contributed by atoms with van der Waals surface area (Å²) in [7, 11) is 0. The molecule has 0 unspecified atom stereocenters. The van der Waals surface area contributed by atoms with E-state index in [0.29, 0.717) is 16.9 Å². The molecular weight excluding hydrogens is 164 g/mol. The molecule has 0 fully saturated rings. The molecule has 0 aliphatic heterocycles. The number of aromatic nitrogens is 4. The molecule has 0 amide bonds. The lowest BCUT2D eigenvalue weighted by atomic mass is 10.4. The first kappa shape index (κ1) is 6.07. The average molecular weight is 180 g/mol. The van der Waals surface area contributed by atoms with Crippen LogP contribution in [0.5, 0.6) is 0 Å². The smallest absolute Gasteiger partial charge is 0.161 e. The molecule has 13 heavy (non-hydrogen) atoms. The van der Waals surface area contributed by atoms with Crippen molar-refractivity contribution in [1.82, 2.24) is 19.7 Å². The molecule has 4 nitrogen and oxygen atoms in total. The quantitative estimate of drug-likeness (QED) is 0.671. The fourth-order valence-electron chi connectivity index (χ4n) is 1.17. The normalized spacial score (nSPS) is 13.5. The van der Waals surface area contributed by atoms with E-state index < -0.39 is 0 Å². The highest BCUT2D eigenvalue weighted by Gasteiger charge is 2.06. The highest BCUT2D eigenvalue weighted by molar-refractivity contribution is 5.73. The van der Waals surface area contributed by atoms with Gasteiger partial charge in [0.25, 0.3) is 0 Å². The minimum atomic E-state index is 0.0729. The zero-order chi connectivity index (χ0) is 11.2. The van der Waals surface area contributed by atoms with Gasteiger partial charge < -0.3 is 0 Å². The largest absolute Gasteiger partial charge is 0.245 e.